The zero-order valence-electron chi connectivity index (χ0n) is 14.8. The van der Waals surface area contributed by atoms with Crippen molar-refractivity contribution in [2.45, 2.75) is 42.8 Å². The second kappa shape index (κ2) is 5.52. The smallest absolute Gasteiger partial charge is 0.318 e. The average Bonchev–Trinajstić information content (AvgIpc) is 2.59. The fourth-order valence-corrected chi connectivity index (χ4v) is 5.14. The molecule has 140 valence electrons. The van der Waals surface area contributed by atoms with Gasteiger partial charge in [-0.2, -0.15) is 0 Å². The van der Waals surface area contributed by atoms with Gasteiger partial charge in [-0.15, -0.1) is 0 Å². The molecule has 4 nitrogen and oxygen atoms in total. The molecule has 2 bridgehead atoms. The zero-order valence-corrected chi connectivity index (χ0v) is 14.8. The lowest BCUT2D eigenvalue weighted by Crippen LogP contribution is -2.82. The number of benzene rings is 2. The minimum atomic E-state index is -0.638. The number of nitrogens with zero attached hydrogens (tertiary/aromatic N) is 1. The van der Waals surface area contributed by atoms with Crippen molar-refractivity contribution in [3.05, 3.63) is 70.8 Å². The van der Waals surface area contributed by atoms with Gasteiger partial charge in [0.1, 0.15) is 11.6 Å². The van der Waals surface area contributed by atoms with E-state index in [1.807, 2.05) is 24.3 Å². The monoisotopic (exact) mass is 369 g/mol. The van der Waals surface area contributed by atoms with Gasteiger partial charge in [0.05, 0.1) is 6.04 Å². The molecule has 6 heteroatoms. The van der Waals surface area contributed by atoms with Gasteiger partial charge in [0, 0.05) is 29.3 Å². The number of amides is 2. The van der Waals surface area contributed by atoms with E-state index in [9.17, 15) is 13.6 Å². The van der Waals surface area contributed by atoms with Crippen LogP contribution in [0.25, 0.3) is 0 Å². The molecule has 2 aromatic carbocycles. The summed E-state index contributed by atoms with van der Waals surface area (Å²) < 4.78 is 28.1. The van der Waals surface area contributed by atoms with E-state index in [0.29, 0.717) is 18.5 Å². The predicted octanol–water partition coefficient (Wildman–Crippen LogP) is 3.26. The number of nitrogens with one attached hydrogen (secondary N) is 1. The zero-order chi connectivity index (χ0) is 18.8. The largest absolute Gasteiger partial charge is 0.332 e. The van der Waals surface area contributed by atoms with E-state index in [4.69, 9.17) is 5.73 Å². The lowest BCUT2D eigenvalue weighted by Gasteiger charge is -2.69. The Morgan fingerprint density at radius 1 is 1.11 bits per heavy atom. The summed E-state index contributed by atoms with van der Waals surface area (Å²) in [6.07, 6.45) is 3.10. The van der Waals surface area contributed by atoms with E-state index in [1.54, 1.807) is 4.90 Å². The highest BCUT2D eigenvalue weighted by molar-refractivity contribution is 5.78. The SMILES string of the molecule is NC12CC(NC(=O)N3CCc4ccccc4[C@@H]3c3ccc(F)cc3F)(C1)C2. The van der Waals surface area contributed by atoms with Crippen LogP contribution < -0.4 is 11.1 Å². The molecule has 3 N–H and O–H groups in total. The van der Waals surface area contributed by atoms with E-state index >= 15 is 0 Å². The third-order valence-electron chi connectivity index (χ3n) is 6.24. The Morgan fingerprint density at radius 2 is 1.85 bits per heavy atom. The van der Waals surface area contributed by atoms with Gasteiger partial charge in [-0.3, -0.25) is 0 Å². The summed E-state index contributed by atoms with van der Waals surface area (Å²) in [4.78, 5) is 14.8. The molecule has 4 aliphatic rings. The van der Waals surface area contributed by atoms with Gasteiger partial charge >= 0.3 is 6.03 Å². The van der Waals surface area contributed by atoms with E-state index < -0.39 is 17.7 Å². The molecule has 1 atom stereocenters. The Balaban J connectivity index is 1.51. The second-order valence-corrected chi connectivity index (χ2v) is 8.31. The van der Waals surface area contributed by atoms with E-state index in [0.717, 1.165) is 36.5 Å². The van der Waals surface area contributed by atoms with Crippen molar-refractivity contribution in [1.29, 1.82) is 0 Å². The quantitative estimate of drug-likeness (QED) is 0.854. The van der Waals surface area contributed by atoms with Crippen molar-refractivity contribution >= 4 is 6.03 Å². The maximum atomic E-state index is 14.6. The molecule has 1 heterocycles. The number of urea groups is 1. The first-order valence-corrected chi connectivity index (χ1v) is 9.29. The minimum Gasteiger partial charge on any atom is -0.332 e. The van der Waals surface area contributed by atoms with E-state index in [2.05, 4.69) is 5.32 Å². The number of hydrogen-bond acceptors (Lipinski definition) is 2. The first-order chi connectivity index (χ1) is 12.9. The molecule has 6 rings (SSSR count). The van der Waals surface area contributed by atoms with Crippen LogP contribution in [0.5, 0.6) is 0 Å². The lowest BCUT2D eigenvalue weighted by atomic mass is 9.44. The highest BCUT2D eigenvalue weighted by atomic mass is 19.1. The van der Waals surface area contributed by atoms with Gasteiger partial charge in [0.2, 0.25) is 0 Å². The summed E-state index contributed by atoms with van der Waals surface area (Å²) in [6, 6.07) is 10.5. The standard InChI is InChI=1S/C21H21F2N3O/c22-14-5-6-16(17(23)9-14)18-15-4-2-1-3-13(15)7-8-26(18)19(27)25-21-10-20(24,11-21)12-21/h1-6,9,18H,7-8,10-12,24H2,(H,25,27)/t18-,20?,21?/m1/s1. The number of carbonyl (C=O) groups excluding carboxylic acids is 1. The summed E-state index contributed by atoms with van der Waals surface area (Å²) in [6.45, 7) is 0.480. The maximum Gasteiger partial charge on any atom is 0.318 e. The highest BCUT2D eigenvalue weighted by Gasteiger charge is 2.67. The number of hydrogen-bond donors (Lipinski definition) is 2. The predicted molar refractivity (Wildman–Crippen MR) is 97.1 cm³/mol. The Bertz CT molecular complexity index is 925. The van der Waals surface area contributed by atoms with Gasteiger partial charge in [0.15, 0.2) is 0 Å². The maximum absolute atomic E-state index is 14.6. The van der Waals surface area contributed by atoms with Crippen LogP contribution in [0.2, 0.25) is 0 Å². The highest BCUT2D eigenvalue weighted by Crippen LogP contribution is 2.58. The first-order valence-electron chi connectivity index (χ1n) is 9.29. The van der Waals surface area contributed by atoms with E-state index in [1.165, 1.54) is 12.1 Å². The lowest BCUT2D eigenvalue weighted by molar-refractivity contribution is -0.0718. The minimum absolute atomic E-state index is 0.107. The molecule has 3 saturated carbocycles. The molecular weight excluding hydrogens is 348 g/mol. The molecule has 0 aromatic heterocycles. The molecule has 2 amide bonds. The summed E-state index contributed by atoms with van der Waals surface area (Å²) in [5.41, 5.74) is 8.07. The van der Waals surface area contributed by atoms with Gasteiger partial charge < -0.3 is 16.0 Å². The van der Waals surface area contributed by atoms with Crippen molar-refractivity contribution in [3.8, 4) is 0 Å². The van der Waals surface area contributed by atoms with Crippen molar-refractivity contribution < 1.29 is 13.6 Å². The van der Waals surface area contributed by atoms with Crippen LogP contribution in [0.3, 0.4) is 0 Å². The Hall–Kier alpha value is -2.47. The van der Waals surface area contributed by atoms with Crippen LogP contribution in [0, 0.1) is 11.6 Å². The Labute approximate surface area is 156 Å². The number of halogens is 2. The molecule has 0 saturated heterocycles. The van der Waals surface area contributed by atoms with Crippen LogP contribution in [0.15, 0.2) is 42.5 Å². The number of fused-ring (bicyclic) bond motifs is 1. The fourth-order valence-electron chi connectivity index (χ4n) is 5.14. The van der Waals surface area contributed by atoms with Crippen molar-refractivity contribution in [3.63, 3.8) is 0 Å². The third-order valence-corrected chi connectivity index (χ3v) is 6.24. The number of nitrogens with two attached hydrogens (primary N) is 1. The van der Waals surface area contributed by atoms with Crippen LogP contribution >= 0.6 is 0 Å². The molecule has 0 spiro atoms. The number of rotatable bonds is 2. The van der Waals surface area contributed by atoms with Crippen LogP contribution in [0.4, 0.5) is 13.6 Å². The topological polar surface area (TPSA) is 58.4 Å². The average molecular weight is 369 g/mol. The first kappa shape index (κ1) is 16.7. The number of carbonyl (C=O) groups is 1. The van der Waals surface area contributed by atoms with Crippen molar-refractivity contribution in [2.24, 2.45) is 5.73 Å². The molecule has 0 unspecified atom stereocenters. The van der Waals surface area contributed by atoms with Crippen LogP contribution in [0.1, 0.15) is 42.0 Å². The fraction of sp³-hybridized carbons (Fsp3) is 0.381. The van der Waals surface area contributed by atoms with Crippen LogP contribution in [-0.2, 0) is 6.42 Å². The molecule has 1 aliphatic heterocycles. The second-order valence-electron chi connectivity index (χ2n) is 8.31. The van der Waals surface area contributed by atoms with Gasteiger partial charge in [0.25, 0.3) is 0 Å². The molecule has 27 heavy (non-hydrogen) atoms. The van der Waals surface area contributed by atoms with Crippen molar-refractivity contribution in [1.82, 2.24) is 10.2 Å². The Morgan fingerprint density at radius 3 is 2.56 bits per heavy atom. The van der Waals surface area contributed by atoms with Gasteiger partial charge in [-0.25, -0.2) is 13.6 Å². The molecular formula is C21H21F2N3O. The summed E-state index contributed by atoms with van der Waals surface area (Å²) in [5.74, 6) is -1.26. The van der Waals surface area contributed by atoms with Crippen LogP contribution in [-0.4, -0.2) is 28.6 Å². The molecule has 0 radical (unpaired) electrons. The summed E-state index contributed by atoms with van der Waals surface area (Å²) >= 11 is 0. The Kier molecular flexibility index (Phi) is 3.41. The normalized spacial score (nSPS) is 30.8. The molecule has 3 aliphatic carbocycles. The molecule has 3 fully saturated rings. The summed E-state index contributed by atoms with van der Waals surface area (Å²) in [7, 11) is 0. The third kappa shape index (κ3) is 2.54. The van der Waals surface area contributed by atoms with Gasteiger partial charge in [-0.1, -0.05) is 30.3 Å². The van der Waals surface area contributed by atoms with E-state index in [-0.39, 0.29) is 17.1 Å². The van der Waals surface area contributed by atoms with Gasteiger partial charge in [-0.05, 0) is 42.9 Å². The van der Waals surface area contributed by atoms with Crippen molar-refractivity contribution in [2.75, 3.05) is 6.54 Å². The molecule has 2 aromatic rings. The summed E-state index contributed by atoms with van der Waals surface area (Å²) in [5, 5.41) is 3.13.